The molecule has 0 bridgehead atoms. The number of nitrogens with zero attached hydrogens (tertiary/aromatic N) is 2. The number of rotatable bonds is 5. The summed E-state index contributed by atoms with van der Waals surface area (Å²) in [6.07, 6.45) is 3.51. The average Bonchev–Trinajstić information content (AvgIpc) is 3.30. The Kier molecular flexibility index (Phi) is 5.97. The van der Waals surface area contributed by atoms with E-state index in [0.29, 0.717) is 10.7 Å². The van der Waals surface area contributed by atoms with Crippen LogP contribution in [0, 0.1) is 6.92 Å². The van der Waals surface area contributed by atoms with Gasteiger partial charge in [-0.25, -0.2) is 0 Å². The molecule has 1 aromatic heterocycles. The molecule has 0 unspecified atom stereocenters. The van der Waals surface area contributed by atoms with Crippen LogP contribution in [0.5, 0.6) is 0 Å². The maximum absolute atomic E-state index is 12.8. The third-order valence-electron chi connectivity index (χ3n) is 4.67. The van der Waals surface area contributed by atoms with Gasteiger partial charge in [0.15, 0.2) is 0 Å². The summed E-state index contributed by atoms with van der Waals surface area (Å²) in [5, 5.41) is 2.86. The van der Waals surface area contributed by atoms with E-state index in [4.69, 9.17) is 11.6 Å². The van der Waals surface area contributed by atoms with Gasteiger partial charge in [-0.05, 0) is 73.3 Å². The molecule has 1 fully saturated rings. The fourth-order valence-corrected chi connectivity index (χ4v) is 4.05. The second kappa shape index (κ2) is 8.83. The summed E-state index contributed by atoms with van der Waals surface area (Å²) in [7, 11) is 0. The van der Waals surface area contributed by atoms with Crippen LogP contribution in [0.15, 0.2) is 71.8 Å². The molecular weight excluding hydrogens is 434 g/mol. The number of amides is 3. The topological polar surface area (TPSA) is 71.4 Å². The summed E-state index contributed by atoms with van der Waals surface area (Å²) >= 11 is 6.78. The van der Waals surface area contributed by atoms with Crippen LogP contribution < -0.4 is 5.32 Å². The minimum Gasteiger partial charge on any atom is -0.325 e. The first-order valence-electron chi connectivity index (χ1n) is 9.46. The highest BCUT2D eigenvalue weighted by molar-refractivity contribution is 8.18. The molecule has 0 radical (unpaired) electrons. The van der Waals surface area contributed by atoms with Crippen molar-refractivity contribution in [2.75, 3.05) is 11.9 Å². The number of anilines is 1. The highest BCUT2D eigenvalue weighted by Gasteiger charge is 2.36. The lowest BCUT2D eigenvalue weighted by Crippen LogP contribution is -2.36. The molecule has 8 heteroatoms. The SMILES string of the molecule is Cc1ccc(NC(=O)CN2C(=O)S/C(=C\c3cccn3-c3ccc(Cl)cc3)C2=O)cc1. The van der Waals surface area contributed by atoms with Gasteiger partial charge >= 0.3 is 0 Å². The molecule has 0 spiro atoms. The van der Waals surface area contributed by atoms with Gasteiger partial charge in [0, 0.05) is 28.3 Å². The lowest BCUT2D eigenvalue weighted by atomic mass is 10.2. The Bertz CT molecular complexity index is 1180. The smallest absolute Gasteiger partial charge is 0.294 e. The first-order chi connectivity index (χ1) is 14.9. The molecule has 2 aromatic carbocycles. The summed E-state index contributed by atoms with van der Waals surface area (Å²) in [5.74, 6) is -0.921. The average molecular weight is 452 g/mol. The van der Waals surface area contributed by atoms with Gasteiger partial charge < -0.3 is 9.88 Å². The Hall–Kier alpha value is -3.29. The molecule has 2 heterocycles. The Morgan fingerprint density at radius 1 is 1.06 bits per heavy atom. The van der Waals surface area contributed by atoms with Crippen molar-refractivity contribution in [3.05, 3.63) is 88.0 Å². The maximum atomic E-state index is 12.8. The van der Waals surface area contributed by atoms with Crippen LogP contribution in [-0.2, 0) is 9.59 Å². The van der Waals surface area contributed by atoms with Crippen molar-refractivity contribution in [1.29, 1.82) is 0 Å². The van der Waals surface area contributed by atoms with Crippen LogP contribution in [-0.4, -0.2) is 33.1 Å². The summed E-state index contributed by atoms with van der Waals surface area (Å²) in [5.41, 5.74) is 3.28. The van der Waals surface area contributed by atoms with Gasteiger partial charge in [0.25, 0.3) is 11.1 Å². The van der Waals surface area contributed by atoms with Crippen LogP contribution in [0.3, 0.4) is 0 Å². The van der Waals surface area contributed by atoms with Gasteiger partial charge in [-0.1, -0.05) is 29.3 Å². The molecule has 1 N–H and O–H groups in total. The monoisotopic (exact) mass is 451 g/mol. The lowest BCUT2D eigenvalue weighted by Gasteiger charge is -2.12. The summed E-state index contributed by atoms with van der Waals surface area (Å²) < 4.78 is 1.88. The molecule has 0 saturated carbocycles. The molecule has 0 atom stereocenters. The van der Waals surface area contributed by atoms with Crippen molar-refractivity contribution in [1.82, 2.24) is 9.47 Å². The maximum Gasteiger partial charge on any atom is 0.294 e. The van der Waals surface area contributed by atoms with Crippen molar-refractivity contribution in [3.63, 3.8) is 0 Å². The van der Waals surface area contributed by atoms with E-state index in [0.717, 1.165) is 33.6 Å². The molecule has 3 aromatic rings. The summed E-state index contributed by atoms with van der Waals surface area (Å²) in [6, 6.07) is 18.2. The number of hydrogen-bond donors (Lipinski definition) is 1. The molecule has 0 aliphatic carbocycles. The predicted octanol–water partition coefficient (Wildman–Crippen LogP) is 5.11. The van der Waals surface area contributed by atoms with Crippen LogP contribution in [0.2, 0.25) is 5.02 Å². The van der Waals surface area contributed by atoms with Gasteiger partial charge in [0.05, 0.1) is 4.91 Å². The van der Waals surface area contributed by atoms with E-state index < -0.39 is 17.1 Å². The van der Waals surface area contributed by atoms with Crippen molar-refractivity contribution < 1.29 is 14.4 Å². The van der Waals surface area contributed by atoms with Crippen molar-refractivity contribution in [3.8, 4) is 5.69 Å². The first kappa shape index (κ1) is 21.0. The van der Waals surface area contributed by atoms with E-state index in [9.17, 15) is 14.4 Å². The third-order valence-corrected chi connectivity index (χ3v) is 5.83. The highest BCUT2D eigenvalue weighted by Crippen LogP contribution is 2.32. The molecule has 6 nitrogen and oxygen atoms in total. The quantitative estimate of drug-likeness (QED) is 0.547. The molecule has 31 heavy (non-hydrogen) atoms. The number of imide groups is 1. The van der Waals surface area contributed by atoms with Gasteiger partial charge in [0.2, 0.25) is 5.91 Å². The lowest BCUT2D eigenvalue weighted by molar-refractivity contribution is -0.127. The van der Waals surface area contributed by atoms with Gasteiger partial charge in [0.1, 0.15) is 6.54 Å². The van der Waals surface area contributed by atoms with E-state index in [1.54, 1.807) is 30.3 Å². The number of carbonyl (C=O) groups excluding carboxylic acids is 3. The largest absolute Gasteiger partial charge is 0.325 e. The first-order valence-corrected chi connectivity index (χ1v) is 10.7. The molecule has 1 saturated heterocycles. The molecule has 1 aliphatic rings. The Morgan fingerprint density at radius 2 is 1.77 bits per heavy atom. The zero-order valence-electron chi connectivity index (χ0n) is 16.5. The van der Waals surface area contributed by atoms with Gasteiger partial charge in [-0.2, -0.15) is 0 Å². The van der Waals surface area contributed by atoms with E-state index in [2.05, 4.69) is 5.32 Å². The number of thioether (sulfide) groups is 1. The van der Waals surface area contributed by atoms with Crippen LogP contribution in [0.25, 0.3) is 11.8 Å². The molecule has 1 aliphatic heterocycles. The number of benzene rings is 2. The molecule has 156 valence electrons. The van der Waals surface area contributed by atoms with E-state index in [-0.39, 0.29) is 11.4 Å². The van der Waals surface area contributed by atoms with Gasteiger partial charge in [-0.15, -0.1) is 0 Å². The Balaban J connectivity index is 1.49. The number of nitrogens with one attached hydrogen (secondary N) is 1. The standard InChI is InChI=1S/C23H18ClN3O3S/c1-15-4-8-17(9-5-15)25-21(28)14-27-22(29)20(31-23(27)30)13-19-3-2-12-26(19)18-10-6-16(24)7-11-18/h2-13H,14H2,1H3,(H,25,28)/b20-13-. The van der Waals surface area contributed by atoms with E-state index >= 15 is 0 Å². The second-order valence-electron chi connectivity index (χ2n) is 6.96. The summed E-state index contributed by atoms with van der Waals surface area (Å²) in [6.45, 7) is 1.61. The van der Waals surface area contributed by atoms with E-state index in [1.807, 2.05) is 54.1 Å². The number of halogens is 1. The van der Waals surface area contributed by atoms with Crippen LogP contribution >= 0.6 is 23.4 Å². The fraction of sp³-hybridized carbons (Fsp3) is 0.0870. The van der Waals surface area contributed by atoms with Crippen molar-refractivity contribution in [2.24, 2.45) is 0 Å². The Morgan fingerprint density at radius 3 is 2.48 bits per heavy atom. The zero-order valence-corrected chi connectivity index (χ0v) is 18.1. The number of hydrogen-bond acceptors (Lipinski definition) is 4. The van der Waals surface area contributed by atoms with Crippen LogP contribution in [0.1, 0.15) is 11.3 Å². The molecule has 4 rings (SSSR count). The predicted molar refractivity (Wildman–Crippen MR) is 123 cm³/mol. The van der Waals surface area contributed by atoms with Crippen molar-refractivity contribution in [2.45, 2.75) is 6.92 Å². The van der Waals surface area contributed by atoms with E-state index in [1.165, 1.54) is 0 Å². The minimum absolute atomic E-state index is 0.266. The number of aromatic nitrogens is 1. The normalized spacial score (nSPS) is 15.0. The zero-order chi connectivity index (χ0) is 22.0. The number of carbonyl (C=O) groups is 3. The Labute approximate surface area is 188 Å². The minimum atomic E-state index is -0.488. The second-order valence-corrected chi connectivity index (χ2v) is 8.39. The molecule has 3 amide bonds. The highest BCUT2D eigenvalue weighted by atomic mass is 35.5. The van der Waals surface area contributed by atoms with Crippen LogP contribution in [0.4, 0.5) is 10.5 Å². The van der Waals surface area contributed by atoms with Gasteiger partial charge in [-0.3, -0.25) is 19.3 Å². The summed E-state index contributed by atoms with van der Waals surface area (Å²) in [4.78, 5) is 38.7. The fourth-order valence-electron chi connectivity index (χ4n) is 3.10. The van der Waals surface area contributed by atoms with Crippen molar-refractivity contribution >= 4 is 52.2 Å². The molecular formula is C23H18ClN3O3S. The third kappa shape index (κ3) is 4.73. The number of aryl methyl sites for hydroxylation is 1.